The van der Waals surface area contributed by atoms with Crippen LogP contribution in [0.4, 0.5) is 0 Å². The average Bonchev–Trinajstić information content (AvgIpc) is 2.27. The minimum atomic E-state index is -0.0217. The first-order valence-electron chi connectivity index (χ1n) is 5.89. The summed E-state index contributed by atoms with van der Waals surface area (Å²) in [6.45, 7) is 4.16. The van der Waals surface area contributed by atoms with Crippen molar-refractivity contribution in [1.29, 1.82) is 0 Å². The van der Waals surface area contributed by atoms with Gasteiger partial charge >= 0.3 is 0 Å². The van der Waals surface area contributed by atoms with Crippen molar-refractivity contribution in [1.82, 2.24) is 5.32 Å². The van der Waals surface area contributed by atoms with Crippen LogP contribution in [0.15, 0.2) is 12.1 Å². The van der Waals surface area contributed by atoms with Crippen LogP contribution in [-0.4, -0.2) is 23.3 Å². The van der Waals surface area contributed by atoms with Crippen molar-refractivity contribution < 1.29 is 10.2 Å². The van der Waals surface area contributed by atoms with E-state index in [9.17, 15) is 10.2 Å². The van der Waals surface area contributed by atoms with E-state index in [-0.39, 0.29) is 11.5 Å². The molecule has 1 heterocycles. The van der Waals surface area contributed by atoms with Crippen molar-refractivity contribution in [3.05, 3.63) is 23.3 Å². The maximum Gasteiger partial charge on any atom is 0.157 e. The van der Waals surface area contributed by atoms with E-state index in [1.807, 2.05) is 6.92 Å². The minimum Gasteiger partial charge on any atom is -0.504 e. The van der Waals surface area contributed by atoms with Crippen LogP contribution in [0.25, 0.3) is 0 Å². The first-order valence-corrected chi connectivity index (χ1v) is 5.89. The number of aryl methyl sites for hydroxylation is 1. The van der Waals surface area contributed by atoms with Gasteiger partial charge in [0.25, 0.3) is 0 Å². The molecule has 1 aliphatic heterocycles. The van der Waals surface area contributed by atoms with Crippen LogP contribution < -0.4 is 5.32 Å². The van der Waals surface area contributed by atoms with Gasteiger partial charge in [-0.15, -0.1) is 0 Å². The predicted octanol–water partition coefficient (Wildman–Crippen LogP) is 1.95. The molecule has 1 aromatic carbocycles. The zero-order valence-corrected chi connectivity index (χ0v) is 9.66. The summed E-state index contributed by atoms with van der Waals surface area (Å²) in [5.74, 6) is 0.671. The zero-order chi connectivity index (χ0) is 11.5. The maximum atomic E-state index is 9.49. The number of nitrogens with one attached hydrogen (secondary N) is 1. The molecule has 1 saturated heterocycles. The molecule has 3 N–H and O–H groups in total. The topological polar surface area (TPSA) is 52.5 Å². The highest BCUT2D eigenvalue weighted by Gasteiger charge is 2.15. The van der Waals surface area contributed by atoms with Gasteiger partial charge in [0.05, 0.1) is 0 Å². The molecular weight excluding hydrogens is 202 g/mol. The van der Waals surface area contributed by atoms with Gasteiger partial charge in [-0.3, -0.25) is 0 Å². The fourth-order valence-corrected chi connectivity index (χ4v) is 2.34. The Balaban J connectivity index is 2.11. The van der Waals surface area contributed by atoms with E-state index in [4.69, 9.17) is 0 Å². The number of piperidine rings is 1. The highest BCUT2D eigenvalue weighted by Crippen LogP contribution is 2.30. The summed E-state index contributed by atoms with van der Waals surface area (Å²) < 4.78 is 0. The summed E-state index contributed by atoms with van der Waals surface area (Å²) in [7, 11) is 0. The van der Waals surface area contributed by atoms with Crippen LogP contribution in [0.5, 0.6) is 11.5 Å². The van der Waals surface area contributed by atoms with Gasteiger partial charge in [0.15, 0.2) is 11.5 Å². The quantitative estimate of drug-likeness (QED) is 0.669. The Labute approximate surface area is 96.1 Å². The molecule has 3 heteroatoms. The number of hydrogen-bond donors (Lipinski definition) is 3. The fourth-order valence-electron chi connectivity index (χ4n) is 2.34. The number of hydrogen-bond acceptors (Lipinski definition) is 3. The SMILES string of the molecule is Cc1cc(O)c(O)cc1CC1CCNCC1. The molecule has 0 saturated carbocycles. The van der Waals surface area contributed by atoms with Crippen molar-refractivity contribution in [3.8, 4) is 11.5 Å². The van der Waals surface area contributed by atoms with Gasteiger partial charge in [-0.1, -0.05) is 0 Å². The van der Waals surface area contributed by atoms with E-state index in [2.05, 4.69) is 5.32 Å². The first kappa shape index (κ1) is 11.3. The number of phenolic OH excluding ortho intramolecular Hbond substituents is 2. The van der Waals surface area contributed by atoms with Crippen molar-refractivity contribution in [2.45, 2.75) is 26.2 Å². The van der Waals surface area contributed by atoms with Crippen molar-refractivity contribution >= 4 is 0 Å². The molecule has 2 rings (SSSR count). The van der Waals surface area contributed by atoms with Gasteiger partial charge in [0.1, 0.15) is 0 Å². The Hall–Kier alpha value is -1.22. The molecule has 1 aliphatic rings. The molecule has 0 atom stereocenters. The smallest absolute Gasteiger partial charge is 0.157 e. The lowest BCUT2D eigenvalue weighted by Crippen LogP contribution is -2.28. The number of rotatable bonds is 2. The maximum absolute atomic E-state index is 9.49. The third-order valence-electron chi connectivity index (χ3n) is 3.40. The van der Waals surface area contributed by atoms with Crippen LogP contribution in [0.3, 0.4) is 0 Å². The molecule has 0 spiro atoms. The van der Waals surface area contributed by atoms with Gasteiger partial charge in [0, 0.05) is 0 Å². The first-order chi connectivity index (χ1) is 7.66. The van der Waals surface area contributed by atoms with Gasteiger partial charge in [-0.05, 0) is 68.5 Å². The standard InChI is InChI=1S/C13H19NO2/c1-9-6-12(15)13(16)8-11(9)7-10-2-4-14-5-3-10/h6,8,10,14-16H,2-5,7H2,1H3. The third kappa shape index (κ3) is 2.47. The van der Waals surface area contributed by atoms with Crippen LogP contribution in [0, 0.1) is 12.8 Å². The summed E-state index contributed by atoms with van der Waals surface area (Å²) in [5, 5.41) is 22.2. The molecule has 0 radical (unpaired) electrons. The lowest BCUT2D eigenvalue weighted by Gasteiger charge is -2.23. The molecule has 3 nitrogen and oxygen atoms in total. The lowest BCUT2D eigenvalue weighted by molar-refractivity contribution is 0.370. The number of aromatic hydroxyl groups is 2. The highest BCUT2D eigenvalue weighted by atomic mass is 16.3. The summed E-state index contributed by atoms with van der Waals surface area (Å²) in [6, 6.07) is 3.35. The third-order valence-corrected chi connectivity index (χ3v) is 3.40. The Morgan fingerprint density at radius 1 is 1.19 bits per heavy atom. The van der Waals surface area contributed by atoms with Crippen LogP contribution >= 0.6 is 0 Å². The lowest BCUT2D eigenvalue weighted by atomic mass is 9.89. The zero-order valence-electron chi connectivity index (χ0n) is 9.66. The van der Waals surface area contributed by atoms with Crippen molar-refractivity contribution in [3.63, 3.8) is 0 Å². The van der Waals surface area contributed by atoms with Gasteiger partial charge in [-0.2, -0.15) is 0 Å². The van der Waals surface area contributed by atoms with Crippen molar-refractivity contribution in [2.24, 2.45) is 5.92 Å². The molecule has 0 aromatic heterocycles. The summed E-state index contributed by atoms with van der Waals surface area (Å²) in [4.78, 5) is 0. The molecule has 1 aromatic rings. The second-order valence-electron chi connectivity index (χ2n) is 4.66. The number of phenols is 2. The molecule has 88 valence electrons. The van der Waals surface area contributed by atoms with E-state index >= 15 is 0 Å². The fraction of sp³-hybridized carbons (Fsp3) is 0.538. The van der Waals surface area contributed by atoms with E-state index in [1.54, 1.807) is 12.1 Å². The Morgan fingerprint density at radius 2 is 1.81 bits per heavy atom. The van der Waals surface area contributed by atoms with E-state index < -0.39 is 0 Å². The highest BCUT2D eigenvalue weighted by molar-refractivity contribution is 5.45. The van der Waals surface area contributed by atoms with Gasteiger partial charge in [-0.25, -0.2) is 0 Å². The Morgan fingerprint density at radius 3 is 2.50 bits per heavy atom. The summed E-state index contributed by atoms with van der Waals surface area (Å²) in [5.41, 5.74) is 2.22. The summed E-state index contributed by atoms with van der Waals surface area (Å²) in [6.07, 6.45) is 3.39. The second-order valence-corrected chi connectivity index (χ2v) is 4.66. The molecular formula is C13H19NO2. The van der Waals surface area contributed by atoms with E-state index in [1.165, 1.54) is 12.8 Å². The summed E-state index contributed by atoms with van der Waals surface area (Å²) >= 11 is 0. The van der Waals surface area contributed by atoms with Crippen LogP contribution in [-0.2, 0) is 6.42 Å². The normalized spacial score (nSPS) is 17.6. The van der Waals surface area contributed by atoms with Crippen LogP contribution in [0.2, 0.25) is 0 Å². The molecule has 1 fully saturated rings. The van der Waals surface area contributed by atoms with E-state index in [0.717, 1.165) is 30.6 Å². The van der Waals surface area contributed by atoms with E-state index in [0.29, 0.717) is 5.92 Å². The monoisotopic (exact) mass is 221 g/mol. The molecule has 0 aliphatic carbocycles. The minimum absolute atomic E-state index is 0.00506. The van der Waals surface area contributed by atoms with Gasteiger partial charge < -0.3 is 15.5 Å². The Bertz CT molecular complexity index is 370. The molecule has 0 bridgehead atoms. The average molecular weight is 221 g/mol. The predicted molar refractivity (Wildman–Crippen MR) is 63.8 cm³/mol. The Kier molecular flexibility index (Phi) is 3.34. The molecule has 0 amide bonds. The molecule has 16 heavy (non-hydrogen) atoms. The van der Waals surface area contributed by atoms with Crippen LogP contribution in [0.1, 0.15) is 24.0 Å². The van der Waals surface area contributed by atoms with Crippen molar-refractivity contribution in [2.75, 3.05) is 13.1 Å². The molecule has 0 unspecified atom stereocenters. The largest absolute Gasteiger partial charge is 0.504 e. The second kappa shape index (κ2) is 4.74. The van der Waals surface area contributed by atoms with Gasteiger partial charge in [0.2, 0.25) is 0 Å². The number of benzene rings is 1.